The number of piperidine rings is 1. The number of fused-ring (bicyclic) bond motifs is 3. The van der Waals surface area contributed by atoms with Gasteiger partial charge in [-0.05, 0) is 107 Å². The minimum absolute atomic E-state index is 0.00312. The number of allylic oxidation sites excluding steroid dienone is 6. The predicted molar refractivity (Wildman–Crippen MR) is 268 cm³/mol. The highest BCUT2D eigenvalue weighted by Crippen LogP contribution is 2.38. The number of carbonyl (C=O) groups is 5. The van der Waals surface area contributed by atoms with Gasteiger partial charge in [-0.15, -0.1) is 0 Å². The molecule has 1 saturated carbocycles. The van der Waals surface area contributed by atoms with Crippen molar-refractivity contribution in [1.82, 2.24) is 4.90 Å². The number of hydrogen-bond donors (Lipinski definition) is 2. The maximum absolute atomic E-state index is 14.5. The van der Waals surface area contributed by atoms with Crippen molar-refractivity contribution in [2.24, 2.45) is 35.5 Å². The monoisotopic (exact) mass is 996 g/mol. The molecule has 3 aliphatic heterocycles. The first-order chi connectivity index (χ1) is 33.8. The molecule has 15 atom stereocenters. The fourth-order valence-corrected chi connectivity index (χ4v) is 10.6. The molecule has 2 unspecified atom stereocenters. The summed E-state index contributed by atoms with van der Waals surface area (Å²) in [4.78, 5) is 72.5. The number of ether oxygens (including phenoxy) is 7. The molecule has 15 heteroatoms. The van der Waals surface area contributed by atoms with Crippen LogP contribution in [-0.4, -0.2) is 140 Å². The highest BCUT2D eigenvalue weighted by molar-refractivity contribution is 6.39. The van der Waals surface area contributed by atoms with Gasteiger partial charge in [-0.2, -0.15) is 0 Å². The number of rotatable bonds is 10. The van der Waals surface area contributed by atoms with Gasteiger partial charge in [-0.3, -0.25) is 19.2 Å². The number of methoxy groups -OCH3 is 3. The number of aliphatic hydroxyl groups is 2. The van der Waals surface area contributed by atoms with Crippen LogP contribution in [0, 0.1) is 47.5 Å². The van der Waals surface area contributed by atoms with E-state index in [0.29, 0.717) is 63.7 Å². The number of nitrogens with zero attached hydrogens (tertiary/aromatic N) is 1. The Morgan fingerprint density at radius 1 is 0.887 bits per heavy atom. The molecular weight excluding hydrogens is 911 g/mol. The number of esters is 1. The largest absolute Gasteiger partial charge is 0.460 e. The lowest BCUT2D eigenvalue weighted by atomic mass is 9.78. The zero-order valence-corrected chi connectivity index (χ0v) is 44.4. The van der Waals surface area contributed by atoms with Crippen molar-refractivity contribution in [1.29, 1.82) is 0 Å². The molecule has 4 aliphatic rings. The summed E-state index contributed by atoms with van der Waals surface area (Å²) in [5, 5.41) is 23.6. The molecule has 1 aliphatic carbocycles. The van der Waals surface area contributed by atoms with E-state index in [1.165, 1.54) is 12.0 Å². The van der Waals surface area contributed by atoms with Gasteiger partial charge in [0.1, 0.15) is 30.5 Å². The normalized spacial score (nSPS) is 35.4. The minimum Gasteiger partial charge on any atom is -0.460 e. The molecular formula is C56H85NO14. The number of aliphatic hydroxyl groups excluding tert-OH is 1. The van der Waals surface area contributed by atoms with Gasteiger partial charge in [0, 0.05) is 65.4 Å². The van der Waals surface area contributed by atoms with E-state index >= 15 is 0 Å². The molecule has 0 aromatic carbocycles. The number of carbonyl (C=O) groups excluding carboxylic acids is 5. The molecule has 1 amide bonds. The molecule has 398 valence electrons. The van der Waals surface area contributed by atoms with E-state index < -0.39 is 77.8 Å². The minimum atomic E-state index is -2.47. The Kier molecular flexibility index (Phi) is 24.3. The van der Waals surface area contributed by atoms with Gasteiger partial charge in [0.15, 0.2) is 11.6 Å². The number of Topliss-reactive ketones (excluding diaryl/α,β-unsaturated/α-hetero) is 3. The smallest absolute Gasteiger partial charge is 0.329 e. The van der Waals surface area contributed by atoms with Crippen molar-refractivity contribution >= 4 is 29.2 Å². The Balaban J connectivity index is 1.71. The second kappa shape index (κ2) is 29.0. The van der Waals surface area contributed by atoms with Crippen molar-refractivity contribution in [3.8, 4) is 12.0 Å². The third-order valence-corrected chi connectivity index (χ3v) is 15.1. The highest BCUT2D eigenvalue weighted by Gasteiger charge is 2.53. The Morgan fingerprint density at radius 2 is 1.63 bits per heavy atom. The van der Waals surface area contributed by atoms with Gasteiger partial charge in [0.25, 0.3) is 11.7 Å². The average Bonchev–Trinajstić information content (AvgIpc) is 3.35. The van der Waals surface area contributed by atoms with E-state index in [1.54, 1.807) is 48.0 Å². The summed E-state index contributed by atoms with van der Waals surface area (Å²) in [6, 6.07) is -1.15. The zero-order chi connectivity index (χ0) is 52.4. The molecule has 2 N–H and O–H groups in total. The molecule has 3 heterocycles. The van der Waals surface area contributed by atoms with Gasteiger partial charge >= 0.3 is 5.97 Å². The van der Waals surface area contributed by atoms with Crippen LogP contribution in [0.5, 0.6) is 0 Å². The summed E-state index contributed by atoms with van der Waals surface area (Å²) >= 11 is 0. The van der Waals surface area contributed by atoms with Crippen molar-refractivity contribution < 1.29 is 67.3 Å². The van der Waals surface area contributed by atoms with E-state index in [-0.39, 0.29) is 67.3 Å². The fourth-order valence-electron chi connectivity index (χ4n) is 10.6. The van der Waals surface area contributed by atoms with Gasteiger partial charge in [0.2, 0.25) is 5.79 Å². The quantitative estimate of drug-likeness (QED) is 0.0966. The van der Waals surface area contributed by atoms with Crippen LogP contribution in [0.2, 0.25) is 0 Å². The molecule has 0 aromatic rings. The van der Waals surface area contributed by atoms with Crippen LogP contribution < -0.4 is 0 Å². The fraction of sp³-hybridized carbons (Fsp3) is 0.732. The van der Waals surface area contributed by atoms with Gasteiger partial charge in [0.05, 0.1) is 37.6 Å². The maximum atomic E-state index is 14.5. The lowest BCUT2D eigenvalue weighted by Crippen LogP contribution is -2.61. The van der Waals surface area contributed by atoms with Crippen molar-refractivity contribution in [2.45, 2.75) is 187 Å². The number of cyclic esters (lactones) is 1. The topological polar surface area (TPSA) is 194 Å². The highest BCUT2D eigenvalue weighted by atomic mass is 16.6. The first kappa shape index (κ1) is 59.6. The van der Waals surface area contributed by atoms with Gasteiger partial charge in [-0.25, -0.2) is 4.79 Å². The van der Waals surface area contributed by atoms with Crippen molar-refractivity contribution in [2.75, 3.05) is 41.1 Å². The van der Waals surface area contributed by atoms with E-state index in [0.717, 1.165) is 18.4 Å². The van der Waals surface area contributed by atoms with Crippen molar-refractivity contribution in [3.63, 3.8) is 0 Å². The van der Waals surface area contributed by atoms with Crippen LogP contribution in [-0.2, 0) is 57.1 Å². The molecule has 0 radical (unpaired) electrons. The molecule has 2 saturated heterocycles. The van der Waals surface area contributed by atoms with E-state index in [9.17, 15) is 34.2 Å². The van der Waals surface area contributed by atoms with Gasteiger partial charge < -0.3 is 48.3 Å². The molecule has 4 rings (SSSR count). The molecule has 15 nitrogen and oxygen atoms in total. The predicted octanol–water partition coefficient (Wildman–Crippen LogP) is 7.20. The summed E-state index contributed by atoms with van der Waals surface area (Å²) in [6.45, 7) is 15.3. The van der Waals surface area contributed by atoms with Crippen LogP contribution in [0.3, 0.4) is 0 Å². The molecule has 3 fully saturated rings. The van der Waals surface area contributed by atoms with Crippen LogP contribution in [0.1, 0.15) is 132 Å². The molecule has 2 bridgehead atoms. The zero-order valence-electron chi connectivity index (χ0n) is 44.4. The Morgan fingerprint density at radius 3 is 2.32 bits per heavy atom. The molecule has 0 aromatic heterocycles. The molecule has 71 heavy (non-hydrogen) atoms. The van der Waals surface area contributed by atoms with E-state index in [4.69, 9.17) is 33.2 Å². The number of ketones is 3. The summed E-state index contributed by atoms with van der Waals surface area (Å²) in [6.07, 6.45) is 14.5. The lowest BCUT2D eigenvalue weighted by Gasteiger charge is -2.42. The SMILES string of the molecule is CC#CO[C@H]1C[C@@H]2CC[C@@H](C)[C@@](O)(O2)C(=O)C(=O)N2CCCC[C@H]2C(=O)O[C@H]([C@H](C)CC2CC[C@H](OCCOC)[C@H](OC)C2)CC(=O)C(C)=CC(C)[C@@H](O)[C@@H](OC)C(=O)[C@H](C)C[C@H](C)C=CC=CC=C1C. The van der Waals surface area contributed by atoms with Crippen LogP contribution >= 0.6 is 0 Å². The standard InChI is InChI=1S/C56H85NO14/c1-12-26-68-47-33-43-23-21-41(8)56(64,71-43)53(61)54(62)57-25-17-16-20-44(57)55(63)70-48(38(5)31-42-22-24-46(49(32-42)66-10)69-28-27-65-9)34-45(58)37(4)30-40(7)51(60)52(67-11)50(59)39(6)29-35(2)18-14-13-15-19-36(47)3/h13-15,18-19,30,35,38-44,46-49,51-52,60,64H,16-17,20-25,27-29,31-34H2,1-11H3/t35-,38-,39-,40?,41-,42?,43+,44+,46+,47+,48+,49-,51-,52+,56-/m1/s1. The summed E-state index contributed by atoms with van der Waals surface area (Å²) in [5.74, 6) is -5.24. The van der Waals surface area contributed by atoms with Crippen LogP contribution in [0.15, 0.2) is 47.6 Å². The van der Waals surface area contributed by atoms with Crippen molar-refractivity contribution in [3.05, 3.63) is 47.6 Å². The Hall–Kier alpha value is -4.01. The second-order valence-electron chi connectivity index (χ2n) is 20.7. The van der Waals surface area contributed by atoms with E-state index in [2.05, 4.69) is 12.0 Å². The summed E-state index contributed by atoms with van der Waals surface area (Å²) < 4.78 is 41.2. The third-order valence-electron chi connectivity index (χ3n) is 15.1. The summed E-state index contributed by atoms with van der Waals surface area (Å²) in [7, 11) is 4.68. The lowest BCUT2D eigenvalue weighted by molar-refractivity contribution is -0.265. The number of hydrogen-bond acceptors (Lipinski definition) is 14. The van der Waals surface area contributed by atoms with E-state index in [1.807, 2.05) is 58.1 Å². The summed E-state index contributed by atoms with van der Waals surface area (Å²) in [5.41, 5.74) is 1.13. The first-order valence-corrected chi connectivity index (χ1v) is 25.9. The number of amides is 1. The third kappa shape index (κ3) is 16.8. The van der Waals surface area contributed by atoms with Crippen LogP contribution in [0.4, 0.5) is 0 Å². The Labute approximate surface area is 423 Å². The van der Waals surface area contributed by atoms with Gasteiger partial charge in [-0.1, -0.05) is 77.0 Å². The Bertz CT molecular complexity index is 1970. The average molecular weight is 996 g/mol. The maximum Gasteiger partial charge on any atom is 0.329 e. The van der Waals surface area contributed by atoms with Crippen LogP contribution in [0.25, 0.3) is 0 Å². The second-order valence-corrected chi connectivity index (χ2v) is 20.7. The molecule has 0 spiro atoms. The first-order valence-electron chi connectivity index (χ1n) is 25.9.